The Bertz CT molecular complexity index is 331. The minimum Gasteiger partial charge on any atom is -0.324 e. The first-order valence-corrected chi connectivity index (χ1v) is 4.34. The number of alkyl halides is 1. The standard InChI is InChI=1S/C10H12F3N.ClH/c1-6-2-3-7(8(14)4-5-11)10(13)9(6)12;/h2-3,8H,4-5,14H2,1H3;1H/t8-;/m1./s1. The number of rotatable bonds is 3. The van der Waals surface area contributed by atoms with Gasteiger partial charge in [0.2, 0.25) is 0 Å². The fourth-order valence-corrected chi connectivity index (χ4v) is 1.22. The third-order valence-electron chi connectivity index (χ3n) is 2.12. The molecule has 0 aliphatic carbocycles. The molecule has 0 saturated carbocycles. The smallest absolute Gasteiger partial charge is 0.163 e. The van der Waals surface area contributed by atoms with Crippen LogP contribution in [0.15, 0.2) is 12.1 Å². The molecule has 1 aromatic rings. The van der Waals surface area contributed by atoms with Gasteiger partial charge in [-0.1, -0.05) is 12.1 Å². The van der Waals surface area contributed by atoms with E-state index < -0.39 is 24.4 Å². The Morgan fingerprint density at radius 1 is 1.27 bits per heavy atom. The third kappa shape index (κ3) is 3.11. The second kappa shape index (κ2) is 5.98. The molecule has 1 atom stereocenters. The molecule has 0 radical (unpaired) electrons. The van der Waals surface area contributed by atoms with Crippen LogP contribution in [0, 0.1) is 18.6 Å². The number of benzene rings is 1. The van der Waals surface area contributed by atoms with Crippen LogP contribution in [-0.2, 0) is 0 Å². The van der Waals surface area contributed by atoms with E-state index in [-0.39, 0.29) is 30.0 Å². The monoisotopic (exact) mass is 239 g/mol. The minimum atomic E-state index is -0.967. The normalized spacial score (nSPS) is 12.1. The summed E-state index contributed by atoms with van der Waals surface area (Å²) in [5.74, 6) is -1.87. The minimum absolute atomic E-state index is 0. The van der Waals surface area contributed by atoms with Crippen LogP contribution in [0.3, 0.4) is 0 Å². The maximum atomic E-state index is 13.3. The van der Waals surface area contributed by atoms with Gasteiger partial charge in [-0.3, -0.25) is 4.39 Å². The van der Waals surface area contributed by atoms with Gasteiger partial charge in [0, 0.05) is 11.6 Å². The predicted molar refractivity (Wildman–Crippen MR) is 55.9 cm³/mol. The lowest BCUT2D eigenvalue weighted by Gasteiger charge is -2.12. The highest BCUT2D eigenvalue weighted by Gasteiger charge is 2.15. The second-order valence-electron chi connectivity index (χ2n) is 3.18. The van der Waals surface area contributed by atoms with Crippen molar-refractivity contribution in [3.8, 4) is 0 Å². The summed E-state index contributed by atoms with van der Waals surface area (Å²) in [4.78, 5) is 0. The zero-order valence-corrected chi connectivity index (χ0v) is 9.08. The Labute approximate surface area is 92.9 Å². The Balaban J connectivity index is 0.00000196. The molecule has 0 aliphatic rings. The van der Waals surface area contributed by atoms with E-state index in [9.17, 15) is 13.2 Å². The van der Waals surface area contributed by atoms with Crippen molar-refractivity contribution in [2.45, 2.75) is 19.4 Å². The van der Waals surface area contributed by atoms with Crippen LogP contribution in [-0.4, -0.2) is 6.67 Å². The number of aryl methyl sites for hydroxylation is 1. The Morgan fingerprint density at radius 3 is 2.40 bits per heavy atom. The molecule has 15 heavy (non-hydrogen) atoms. The van der Waals surface area contributed by atoms with E-state index >= 15 is 0 Å². The van der Waals surface area contributed by atoms with Gasteiger partial charge in [-0.25, -0.2) is 8.78 Å². The summed E-state index contributed by atoms with van der Waals surface area (Å²) in [6, 6.07) is 2.05. The van der Waals surface area contributed by atoms with Crippen molar-refractivity contribution in [2.24, 2.45) is 5.73 Å². The fourth-order valence-electron chi connectivity index (χ4n) is 1.22. The number of hydrogen-bond acceptors (Lipinski definition) is 1. The summed E-state index contributed by atoms with van der Waals surface area (Å²) in [5, 5.41) is 0. The van der Waals surface area contributed by atoms with Gasteiger partial charge in [0.25, 0.3) is 0 Å². The molecule has 2 N–H and O–H groups in total. The molecule has 0 aromatic heterocycles. The van der Waals surface area contributed by atoms with Crippen molar-refractivity contribution in [3.63, 3.8) is 0 Å². The van der Waals surface area contributed by atoms with Crippen molar-refractivity contribution < 1.29 is 13.2 Å². The molecule has 0 aliphatic heterocycles. The van der Waals surface area contributed by atoms with Crippen molar-refractivity contribution in [3.05, 3.63) is 34.9 Å². The van der Waals surface area contributed by atoms with Gasteiger partial charge in [0.15, 0.2) is 11.6 Å². The summed E-state index contributed by atoms with van der Waals surface area (Å²) in [5.41, 5.74) is 5.73. The average molecular weight is 240 g/mol. The Morgan fingerprint density at radius 2 is 1.87 bits per heavy atom. The van der Waals surface area contributed by atoms with E-state index in [0.717, 1.165) is 0 Å². The van der Waals surface area contributed by atoms with Crippen molar-refractivity contribution in [2.75, 3.05) is 6.67 Å². The van der Waals surface area contributed by atoms with Gasteiger partial charge in [0.05, 0.1) is 6.67 Å². The summed E-state index contributed by atoms with van der Waals surface area (Å²) in [6.45, 7) is 0.818. The van der Waals surface area contributed by atoms with Crippen LogP contribution in [0.1, 0.15) is 23.6 Å². The highest BCUT2D eigenvalue weighted by Crippen LogP contribution is 2.22. The van der Waals surface area contributed by atoms with Gasteiger partial charge in [-0.15, -0.1) is 12.4 Å². The van der Waals surface area contributed by atoms with E-state index in [0.29, 0.717) is 0 Å². The first kappa shape index (κ1) is 14.3. The molecule has 0 saturated heterocycles. The zero-order valence-electron chi connectivity index (χ0n) is 8.27. The fraction of sp³-hybridized carbons (Fsp3) is 0.400. The number of halogens is 4. The maximum Gasteiger partial charge on any atom is 0.163 e. The van der Waals surface area contributed by atoms with Crippen LogP contribution >= 0.6 is 12.4 Å². The molecule has 5 heteroatoms. The molecule has 0 amide bonds. The van der Waals surface area contributed by atoms with Crippen LogP contribution in [0.2, 0.25) is 0 Å². The van der Waals surface area contributed by atoms with Crippen LogP contribution in [0.25, 0.3) is 0 Å². The molecule has 0 bridgehead atoms. The van der Waals surface area contributed by atoms with E-state index in [4.69, 9.17) is 5.73 Å². The van der Waals surface area contributed by atoms with Gasteiger partial charge < -0.3 is 5.73 Å². The van der Waals surface area contributed by atoms with Gasteiger partial charge in [-0.2, -0.15) is 0 Å². The largest absolute Gasteiger partial charge is 0.324 e. The molecule has 0 spiro atoms. The molecule has 0 heterocycles. The highest BCUT2D eigenvalue weighted by molar-refractivity contribution is 5.85. The van der Waals surface area contributed by atoms with E-state index in [1.165, 1.54) is 19.1 Å². The summed E-state index contributed by atoms with van der Waals surface area (Å²) in [6.07, 6.45) is -0.000574. The summed E-state index contributed by atoms with van der Waals surface area (Å²) < 4.78 is 38.3. The number of nitrogens with two attached hydrogens (primary N) is 1. The zero-order chi connectivity index (χ0) is 10.7. The molecule has 1 rings (SSSR count). The lowest BCUT2D eigenvalue weighted by Crippen LogP contribution is -2.14. The molecular weight excluding hydrogens is 227 g/mol. The van der Waals surface area contributed by atoms with E-state index in [2.05, 4.69) is 0 Å². The summed E-state index contributed by atoms with van der Waals surface area (Å²) in [7, 11) is 0. The topological polar surface area (TPSA) is 26.0 Å². The predicted octanol–water partition coefficient (Wildman–Crippen LogP) is 3.05. The first-order valence-electron chi connectivity index (χ1n) is 4.34. The molecule has 0 unspecified atom stereocenters. The van der Waals surface area contributed by atoms with Crippen molar-refractivity contribution >= 4 is 12.4 Å². The van der Waals surface area contributed by atoms with Gasteiger partial charge >= 0.3 is 0 Å². The van der Waals surface area contributed by atoms with Gasteiger partial charge in [-0.05, 0) is 18.9 Å². The quantitative estimate of drug-likeness (QED) is 0.862. The molecule has 86 valence electrons. The van der Waals surface area contributed by atoms with E-state index in [1.807, 2.05) is 0 Å². The molecular formula is C10H13ClF3N. The SMILES string of the molecule is Cc1ccc([C@H](N)CCF)c(F)c1F.Cl. The molecule has 1 aromatic carbocycles. The van der Waals surface area contributed by atoms with Gasteiger partial charge in [0.1, 0.15) is 0 Å². The van der Waals surface area contributed by atoms with E-state index in [1.54, 1.807) is 0 Å². The number of hydrogen-bond donors (Lipinski definition) is 1. The highest BCUT2D eigenvalue weighted by atomic mass is 35.5. The van der Waals surface area contributed by atoms with Crippen molar-refractivity contribution in [1.82, 2.24) is 0 Å². The Hall–Kier alpha value is -0.740. The first-order chi connectivity index (χ1) is 6.57. The molecule has 1 nitrogen and oxygen atoms in total. The second-order valence-corrected chi connectivity index (χ2v) is 3.18. The average Bonchev–Trinajstić information content (AvgIpc) is 2.15. The summed E-state index contributed by atoms with van der Waals surface area (Å²) >= 11 is 0. The maximum absolute atomic E-state index is 13.3. The molecule has 0 fully saturated rings. The van der Waals surface area contributed by atoms with Crippen LogP contribution in [0.4, 0.5) is 13.2 Å². The lowest BCUT2D eigenvalue weighted by atomic mass is 10.0. The Kier molecular flexibility index (Phi) is 5.68. The van der Waals surface area contributed by atoms with Crippen molar-refractivity contribution in [1.29, 1.82) is 0 Å². The lowest BCUT2D eigenvalue weighted by molar-refractivity contribution is 0.426. The van der Waals surface area contributed by atoms with Crippen LogP contribution in [0.5, 0.6) is 0 Å². The third-order valence-corrected chi connectivity index (χ3v) is 2.12. The van der Waals surface area contributed by atoms with Crippen LogP contribution < -0.4 is 5.73 Å².